The van der Waals surface area contributed by atoms with E-state index in [0.29, 0.717) is 0 Å². The Morgan fingerprint density at radius 2 is 1.30 bits per heavy atom. The first-order valence-electron chi connectivity index (χ1n) is 6.80. The number of hydrogen-bond acceptors (Lipinski definition) is 1. The molecule has 1 heteroatoms. The summed E-state index contributed by atoms with van der Waals surface area (Å²) in [6.07, 6.45) is 0. The molecule has 0 aliphatic heterocycles. The van der Waals surface area contributed by atoms with Crippen molar-refractivity contribution >= 4 is 32.9 Å². The molecule has 1 heterocycles. The van der Waals surface area contributed by atoms with Crippen LogP contribution in [0.2, 0.25) is 0 Å². The third-order valence-corrected chi connectivity index (χ3v) is 4.78. The Morgan fingerprint density at radius 3 is 1.85 bits per heavy atom. The van der Waals surface area contributed by atoms with Crippen molar-refractivity contribution < 1.29 is 0 Å². The zero-order chi connectivity index (χ0) is 13.5. The molecule has 0 saturated carbocycles. The van der Waals surface area contributed by atoms with Crippen LogP contribution in [0.5, 0.6) is 0 Å². The smallest absolute Gasteiger partial charge is 0.0358 e. The number of fused-ring (bicyclic) bond motifs is 2. The molecule has 0 bridgehead atoms. The minimum absolute atomic E-state index is 1.31. The van der Waals surface area contributed by atoms with Crippen molar-refractivity contribution in [1.29, 1.82) is 0 Å². The zero-order valence-electron chi connectivity index (χ0n) is 11.3. The highest BCUT2D eigenvalue weighted by atomic mass is 32.1. The lowest BCUT2D eigenvalue weighted by molar-refractivity contribution is 1.64. The molecule has 0 radical (unpaired) electrons. The van der Waals surface area contributed by atoms with Crippen LogP contribution in [-0.2, 0) is 0 Å². The van der Waals surface area contributed by atoms with E-state index in [1.165, 1.54) is 36.9 Å². The molecule has 0 fully saturated rings. The zero-order valence-corrected chi connectivity index (χ0v) is 12.1. The van der Waals surface area contributed by atoms with E-state index in [9.17, 15) is 0 Å². The summed E-state index contributed by atoms with van der Waals surface area (Å²) in [5.41, 5.74) is 1.37. The van der Waals surface area contributed by atoms with Crippen LogP contribution in [0, 0.1) is 6.92 Å². The van der Waals surface area contributed by atoms with Crippen LogP contribution in [0.3, 0.4) is 0 Å². The van der Waals surface area contributed by atoms with Gasteiger partial charge in [-0.25, -0.2) is 0 Å². The first kappa shape index (κ1) is 11.7. The second kappa shape index (κ2) is 4.46. The molecule has 0 unspecified atom stereocenters. The van der Waals surface area contributed by atoms with Gasteiger partial charge in [-0.05, 0) is 46.7 Å². The summed E-state index contributed by atoms with van der Waals surface area (Å²) in [4.78, 5) is 2.72. The maximum Gasteiger partial charge on any atom is 0.0358 e. The molecule has 96 valence electrons. The maximum absolute atomic E-state index is 2.29. The molecule has 0 spiro atoms. The first-order chi connectivity index (χ1) is 9.83. The molecule has 20 heavy (non-hydrogen) atoms. The second-order valence-electron chi connectivity index (χ2n) is 5.10. The number of hydrogen-bond donors (Lipinski definition) is 0. The van der Waals surface area contributed by atoms with Gasteiger partial charge in [0, 0.05) is 15.3 Å². The number of benzene rings is 3. The molecular weight excluding hydrogens is 260 g/mol. The third kappa shape index (κ3) is 1.75. The number of thiophene rings is 1. The standard InChI is InChI=1S/C19H14S/c1-13-10-11-18(20-13)19-16-8-4-2-6-14(16)12-15-7-3-5-9-17(15)19/h2-12H,1H3. The van der Waals surface area contributed by atoms with Gasteiger partial charge in [0.2, 0.25) is 0 Å². The van der Waals surface area contributed by atoms with Crippen LogP contribution in [0.1, 0.15) is 4.88 Å². The van der Waals surface area contributed by atoms with Gasteiger partial charge in [0.15, 0.2) is 0 Å². The van der Waals surface area contributed by atoms with Gasteiger partial charge in [-0.3, -0.25) is 0 Å². The van der Waals surface area contributed by atoms with Gasteiger partial charge >= 0.3 is 0 Å². The van der Waals surface area contributed by atoms with Crippen LogP contribution in [0.25, 0.3) is 32.0 Å². The van der Waals surface area contributed by atoms with Crippen molar-refractivity contribution in [2.45, 2.75) is 6.92 Å². The average molecular weight is 274 g/mol. The second-order valence-corrected chi connectivity index (χ2v) is 6.39. The minimum Gasteiger partial charge on any atom is -0.141 e. The Morgan fingerprint density at radius 1 is 0.700 bits per heavy atom. The van der Waals surface area contributed by atoms with Gasteiger partial charge in [0.05, 0.1) is 0 Å². The van der Waals surface area contributed by atoms with Crippen LogP contribution in [-0.4, -0.2) is 0 Å². The van der Waals surface area contributed by atoms with Gasteiger partial charge in [0.1, 0.15) is 0 Å². The molecule has 0 aliphatic carbocycles. The van der Waals surface area contributed by atoms with E-state index in [1.807, 2.05) is 11.3 Å². The summed E-state index contributed by atoms with van der Waals surface area (Å²) in [6.45, 7) is 2.17. The van der Waals surface area contributed by atoms with Gasteiger partial charge < -0.3 is 0 Å². The van der Waals surface area contributed by atoms with Crippen molar-refractivity contribution in [2.75, 3.05) is 0 Å². The van der Waals surface area contributed by atoms with Crippen LogP contribution in [0.15, 0.2) is 66.7 Å². The molecule has 0 nitrogen and oxygen atoms in total. The summed E-state index contributed by atoms with van der Waals surface area (Å²) in [5, 5.41) is 5.31. The Bertz CT molecular complexity index is 861. The minimum atomic E-state index is 1.31. The van der Waals surface area contributed by atoms with E-state index in [2.05, 4.69) is 73.7 Å². The predicted octanol–water partition coefficient (Wildman–Crippen LogP) is 6.03. The summed E-state index contributed by atoms with van der Waals surface area (Å²) < 4.78 is 0. The number of rotatable bonds is 1. The Balaban J connectivity index is 2.23. The van der Waals surface area contributed by atoms with Gasteiger partial charge in [-0.15, -0.1) is 11.3 Å². The Labute approximate surface area is 122 Å². The lowest BCUT2D eigenvalue weighted by Gasteiger charge is -2.10. The van der Waals surface area contributed by atoms with E-state index in [1.54, 1.807) is 0 Å². The van der Waals surface area contributed by atoms with Crippen LogP contribution >= 0.6 is 11.3 Å². The van der Waals surface area contributed by atoms with Crippen LogP contribution < -0.4 is 0 Å². The van der Waals surface area contributed by atoms with E-state index < -0.39 is 0 Å². The summed E-state index contributed by atoms with van der Waals surface area (Å²) in [6, 6.07) is 24.1. The maximum atomic E-state index is 2.29. The molecule has 0 saturated heterocycles. The highest BCUT2D eigenvalue weighted by Gasteiger charge is 2.10. The predicted molar refractivity (Wildman–Crippen MR) is 89.5 cm³/mol. The average Bonchev–Trinajstić information content (AvgIpc) is 2.91. The fourth-order valence-corrected chi connectivity index (χ4v) is 3.79. The first-order valence-corrected chi connectivity index (χ1v) is 7.62. The fourth-order valence-electron chi connectivity index (χ4n) is 2.85. The highest BCUT2D eigenvalue weighted by molar-refractivity contribution is 7.15. The topological polar surface area (TPSA) is 0 Å². The molecule has 4 rings (SSSR count). The largest absolute Gasteiger partial charge is 0.141 e. The summed E-state index contributed by atoms with van der Waals surface area (Å²) in [7, 11) is 0. The highest BCUT2D eigenvalue weighted by Crippen LogP contribution is 2.39. The molecule has 0 N–H and O–H groups in total. The lowest BCUT2D eigenvalue weighted by Crippen LogP contribution is -1.82. The molecule has 3 aromatic carbocycles. The van der Waals surface area contributed by atoms with Gasteiger partial charge in [-0.1, -0.05) is 48.5 Å². The lowest BCUT2D eigenvalue weighted by atomic mass is 9.96. The fraction of sp³-hybridized carbons (Fsp3) is 0.0526. The van der Waals surface area contributed by atoms with Crippen molar-refractivity contribution in [2.24, 2.45) is 0 Å². The SMILES string of the molecule is Cc1ccc(-c2c3ccccc3cc3ccccc23)s1. The van der Waals surface area contributed by atoms with E-state index in [-0.39, 0.29) is 0 Å². The summed E-state index contributed by atoms with van der Waals surface area (Å²) in [5.74, 6) is 0. The molecule has 0 amide bonds. The van der Waals surface area contributed by atoms with Crippen molar-refractivity contribution in [3.63, 3.8) is 0 Å². The van der Waals surface area contributed by atoms with E-state index >= 15 is 0 Å². The number of aryl methyl sites for hydroxylation is 1. The molecule has 0 aliphatic rings. The molecule has 0 atom stereocenters. The van der Waals surface area contributed by atoms with Gasteiger partial charge in [-0.2, -0.15) is 0 Å². The molecule has 1 aromatic heterocycles. The quantitative estimate of drug-likeness (QED) is 0.372. The third-order valence-electron chi connectivity index (χ3n) is 3.76. The van der Waals surface area contributed by atoms with Crippen molar-refractivity contribution in [3.8, 4) is 10.4 Å². The normalized spacial score (nSPS) is 11.2. The van der Waals surface area contributed by atoms with Crippen molar-refractivity contribution in [1.82, 2.24) is 0 Å². The molecular formula is C19H14S. The van der Waals surface area contributed by atoms with Gasteiger partial charge in [0.25, 0.3) is 0 Å². The Hall–Kier alpha value is -2.12. The van der Waals surface area contributed by atoms with Crippen LogP contribution in [0.4, 0.5) is 0 Å². The van der Waals surface area contributed by atoms with E-state index in [0.717, 1.165) is 0 Å². The molecule has 4 aromatic rings. The Kier molecular flexibility index (Phi) is 2.61. The summed E-state index contributed by atoms with van der Waals surface area (Å²) >= 11 is 1.87. The monoisotopic (exact) mass is 274 g/mol. The van der Waals surface area contributed by atoms with Crippen molar-refractivity contribution in [3.05, 3.63) is 71.6 Å². The van der Waals surface area contributed by atoms with E-state index in [4.69, 9.17) is 0 Å².